The number of rotatable bonds is 3. The van der Waals surface area contributed by atoms with Crippen molar-refractivity contribution in [3.05, 3.63) is 54.5 Å². The third kappa shape index (κ3) is 2.12. The highest BCUT2D eigenvalue weighted by Gasteiger charge is 2.11. The van der Waals surface area contributed by atoms with Gasteiger partial charge in [0.1, 0.15) is 17.3 Å². The van der Waals surface area contributed by atoms with Crippen molar-refractivity contribution in [1.29, 1.82) is 0 Å². The minimum absolute atomic E-state index is 0.0531. The Labute approximate surface area is 121 Å². The smallest absolute Gasteiger partial charge is 0.139 e. The second-order valence-electron chi connectivity index (χ2n) is 5.12. The molecule has 0 aliphatic heterocycles. The molecule has 0 aliphatic rings. The number of nitrogens with one attached hydrogen (secondary N) is 3. The van der Waals surface area contributed by atoms with Crippen LogP contribution in [0.2, 0.25) is 0 Å². The van der Waals surface area contributed by atoms with Gasteiger partial charge in [-0.1, -0.05) is 12.1 Å². The molecule has 0 amide bonds. The predicted molar refractivity (Wildman–Crippen MR) is 84.2 cm³/mol. The molecular formula is C16H15N5. The van der Waals surface area contributed by atoms with E-state index in [1.807, 2.05) is 48.7 Å². The van der Waals surface area contributed by atoms with Crippen LogP contribution in [0.4, 0.5) is 5.82 Å². The molecule has 21 heavy (non-hydrogen) atoms. The molecule has 0 saturated carbocycles. The number of aromatic nitrogens is 4. The van der Waals surface area contributed by atoms with Gasteiger partial charge in [-0.05, 0) is 37.3 Å². The maximum atomic E-state index is 4.61. The third-order valence-corrected chi connectivity index (χ3v) is 3.59. The highest BCUT2D eigenvalue weighted by atomic mass is 15.1. The minimum atomic E-state index is 0.0531. The number of hydrogen-bond acceptors (Lipinski definition) is 3. The number of H-pyrrole nitrogens is 2. The molecule has 3 N–H and O–H groups in total. The fourth-order valence-electron chi connectivity index (χ4n) is 2.48. The maximum absolute atomic E-state index is 4.61. The van der Waals surface area contributed by atoms with Crippen LogP contribution < -0.4 is 5.32 Å². The number of para-hydroxylation sites is 2. The second-order valence-corrected chi connectivity index (χ2v) is 5.12. The van der Waals surface area contributed by atoms with Crippen LogP contribution in [0.25, 0.3) is 22.1 Å². The van der Waals surface area contributed by atoms with Gasteiger partial charge in [-0.3, -0.25) is 0 Å². The van der Waals surface area contributed by atoms with E-state index >= 15 is 0 Å². The Kier molecular flexibility index (Phi) is 2.64. The van der Waals surface area contributed by atoms with E-state index in [0.717, 1.165) is 33.7 Å². The van der Waals surface area contributed by atoms with Gasteiger partial charge < -0.3 is 15.3 Å². The molecule has 5 heteroatoms. The van der Waals surface area contributed by atoms with E-state index in [2.05, 4.69) is 32.2 Å². The van der Waals surface area contributed by atoms with Crippen molar-refractivity contribution in [2.24, 2.45) is 0 Å². The molecule has 3 heterocycles. The van der Waals surface area contributed by atoms with Gasteiger partial charge in [-0.15, -0.1) is 0 Å². The molecule has 104 valence electrons. The van der Waals surface area contributed by atoms with Gasteiger partial charge in [0.25, 0.3) is 0 Å². The Bertz CT molecular complexity index is 872. The van der Waals surface area contributed by atoms with Crippen LogP contribution in [0.5, 0.6) is 0 Å². The average molecular weight is 277 g/mol. The van der Waals surface area contributed by atoms with E-state index in [4.69, 9.17) is 0 Å². The Morgan fingerprint density at radius 3 is 2.86 bits per heavy atom. The van der Waals surface area contributed by atoms with E-state index in [1.165, 1.54) is 0 Å². The Morgan fingerprint density at radius 2 is 1.95 bits per heavy atom. The summed E-state index contributed by atoms with van der Waals surface area (Å²) in [5, 5.41) is 4.48. The molecule has 0 bridgehead atoms. The van der Waals surface area contributed by atoms with Crippen molar-refractivity contribution in [1.82, 2.24) is 19.9 Å². The number of pyridine rings is 1. The molecule has 1 atom stereocenters. The van der Waals surface area contributed by atoms with Gasteiger partial charge in [0, 0.05) is 11.6 Å². The van der Waals surface area contributed by atoms with Gasteiger partial charge in [0.2, 0.25) is 0 Å². The molecule has 0 radical (unpaired) electrons. The highest BCUT2D eigenvalue weighted by Crippen LogP contribution is 2.20. The summed E-state index contributed by atoms with van der Waals surface area (Å²) in [6, 6.07) is 14.1. The SMILES string of the molecule is C[C@H](Nc1ccc2cc[nH]c2n1)c1nc2ccccc2[nH]1. The normalized spacial score (nSPS) is 12.8. The molecule has 0 aliphatic carbocycles. The summed E-state index contributed by atoms with van der Waals surface area (Å²) in [4.78, 5) is 15.6. The second kappa shape index (κ2) is 4.63. The molecule has 0 saturated heterocycles. The number of fused-ring (bicyclic) bond motifs is 2. The molecule has 0 spiro atoms. The Hall–Kier alpha value is -2.82. The summed E-state index contributed by atoms with van der Waals surface area (Å²) in [5.41, 5.74) is 2.92. The quantitative estimate of drug-likeness (QED) is 0.535. The van der Waals surface area contributed by atoms with E-state index in [9.17, 15) is 0 Å². The van der Waals surface area contributed by atoms with Crippen LogP contribution in [0, 0.1) is 0 Å². The van der Waals surface area contributed by atoms with Crippen molar-refractivity contribution in [2.75, 3.05) is 5.32 Å². The largest absolute Gasteiger partial charge is 0.360 e. The lowest BCUT2D eigenvalue weighted by Gasteiger charge is -2.11. The van der Waals surface area contributed by atoms with Gasteiger partial charge in [-0.25, -0.2) is 9.97 Å². The minimum Gasteiger partial charge on any atom is -0.360 e. The lowest BCUT2D eigenvalue weighted by Crippen LogP contribution is -2.09. The summed E-state index contributed by atoms with van der Waals surface area (Å²) < 4.78 is 0. The first-order valence-corrected chi connectivity index (χ1v) is 6.95. The fraction of sp³-hybridized carbons (Fsp3) is 0.125. The van der Waals surface area contributed by atoms with Gasteiger partial charge in [0.05, 0.1) is 17.1 Å². The number of imidazole rings is 1. The topological polar surface area (TPSA) is 69.4 Å². The van der Waals surface area contributed by atoms with Crippen molar-refractivity contribution in [3.8, 4) is 0 Å². The van der Waals surface area contributed by atoms with Gasteiger partial charge in [0.15, 0.2) is 0 Å². The molecule has 4 rings (SSSR count). The van der Waals surface area contributed by atoms with E-state index in [0.29, 0.717) is 0 Å². The standard InChI is InChI=1S/C16H15N5/c1-10(15-19-12-4-2-3-5-13(12)20-15)18-14-7-6-11-8-9-17-16(11)21-14/h2-10H,1H3,(H,19,20)(H2,17,18,21)/t10-/m0/s1. The summed E-state index contributed by atoms with van der Waals surface area (Å²) in [6.45, 7) is 2.07. The first-order chi connectivity index (χ1) is 10.3. The zero-order valence-corrected chi connectivity index (χ0v) is 11.6. The lowest BCUT2D eigenvalue weighted by atomic mass is 10.3. The lowest BCUT2D eigenvalue weighted by molar-refractivity contribution is 0.809. The van der Waals surface area contributed by atoms with Crippen molar-refractivity contribution in [2.45, 2.75) is 13.0 Å². The number of aromatic amines is 2. The average Bonchev–Trinajstić information content (AvgIpc) is 3.13. The predicted octanol–water partition coefficient (Wildman–Crippen LogP) is 3.61. The molecule has 1 aromatic carbocycles. The maximum Gasteiger partial charge on any atom is 0.139 e. The van der Waals surface area contributed by atoms with Crippen molar-refractivity contribution in [3.63, 3.8) is 0 Å². The third-order valence-electron chi connectivity index (χ3n) is 3.59. The van der Waals surface area contributed by atoms with Crippen LogP contribution in [0.3, 0.4) is 0 Å². The molecular weight excluding hydrogens is 262 g/mol. The first kappa shape index (κ1) is 12.0. The fourth-order valence-corrected chi connectivity index (χ4v) is 2.48. The zero-order valence-electron chi connectivity index (χ0n) is 11.6. The van der Waals surface area contributed by atoms with Crippen LogP contribution in [-0.4, -0.2) is 19.9 Å². The van der Waals surface area contributed by atoms with Crippen LogP contribution in [-0.2, 0) is 0 Å². The number of nitrogens with zero attached hydrogens (tertiary/aromatic N) is 2. The summed E-state index contributed by atoms with van der Waals surface area (Å²) in [7, 11) is 0. The van der Waals surface area contributed by atoms with E-state index in [1.54, 1.807) is 0 Å². The molecule has 0 unspecified atom stereocenters. The Morgan fingerprint density at radius 1 is 1.05 bits per heavy atom. The van der Waals surface area contributed by atoms with Crippen LogP contribution in [0.1, 0.15) is 18.8 Å². The number of anilines is 1. The molecule has 5 nitrogen and oxygen atoms in total. The zero-order chi connectivity index (χ0) is 14.2. The Balaban J connectivity index is 1.63. The molecule has 0 fully saturated rings. The first-order valence-electron chi connectivity index (χ1n) is 6.95. The molecule has 3 aromatic heterocycles. The monoisotopic (exact) mass is 277 g/mol. The number of benzene rings is 1. The van der Waals surface area contributed by atoms with Crippen LogP contribution in [0.15, 0.2) is 48.7 Å². The highest BCUT2D eigenvalue weighted by molar-refractivity contribution is 5.77. The number of hydrogen-bond donors (Lipinski definition) is 3. The van der Waals surface area contributed by atoms with Crippen molar-refractivity contribution >= 4 is 27.9 Å². The van der Waals surface area contributed by atoms with Crippen molar-refractivity contribution < 1.29 is 0 Å². The summed E-state index contributed by atoms with van der Waals surface area (Å²) >= 11 is 0. The summed E-state index contributed by atoms with van der Waals surface area (Å²) in [6.07, 6.45) is 1.89. The van der Waals surface area contributed by atoms with Gasteiger partial charge in [-0.2, -0.15) is 0 Å². The molecule has 4 aromatic rings. The van der Waals surface area contributed by atoms with E-state index in [-0.39, 0.29) is 6.04 Å². The summed E-state index contributed by atoms with van der Waals surface area (Å²) in [5.74, 6) is 1.74. The van der Waals surface area contributed by atoms with Crippen LogP contribution >= 0.6 is 0 Å². The van der Waals surface area contributed by atoms with E-state index < -0.39 is 0 Å². The van der Waals surface area contributed by atoms with Gasteiger partial charge >= 0.3 is 0 Å².